The molecular formula is C20H19F3N2O4S. The van der Waals surface area contributed by atoms with Crippen molar-refractivity contribution >= 4 is 15.7 Å². The number of aromatic nitrogens is 1. The molecule has 6 nitrogen and oxygen atoms in total. The average molecular weight is 440 g/mol. The van der Waals surface area contributed by atoms with Crippen LogP contribution < -0.4 is 9.46 Å². The van der Waals surface area contributed by atoms with Gasteiger partial charge in [0, 0.05) is 18.1 Å². The first-order valence-electron chi connectivity index (χ1n) is 8.91. The summed E-state index contributed by atoms with van der Waals surface area (Å²) in [6.07, 6.45) is 0.402. The summed E-state index contributed by atoms with van der Waals surface area (Å²) in [5.74, 6) is 1.35. The molecule has 0 aliphatic carbocycles. The molecule has 0 fully saturated rings. The summed E-state index contributed by atoms with van der Waals surface area (Å²) in [5, 5.41) is 0. The Morgan fingerprint density at radius 2 is 1.80 bits per heavy atom. The fourth-order valence-corrected chi connectivity index (χ4v) is 3.26. The van der Waals surface area contributed by atoms with Crippen LogP contribution in [0.15, 0.2) is 52.9 Å². The van der Waals surface area contributed by atoms with Crippen molar-refractivity contribution in [3.8, 4) is 17.2 Å². The second kappa shape index (κ2) is 8.39. The van der Waals surface area contributed by atoms with Gasteiger partial charge in [-0.2, -0.15) is 21.6 Å². The number of hydrogen-bond donors (Lipinski definition) is 1. The summed E-state index contributed by atoms with van der Waals surface area (Å²) >= 11 is 0. The minimum atomic E-state index is -5.51. The summed E-state index contributed by atoms with van der Waals surface area (Å²) in [6, 6.07) is 13.6. The molecule has 0 bridgehead atoms. The van der Waals surface area contributed by atoms with Crippen LogP contribution in [0.2, 0.25) is 0 Å². The van der Waals surface area contributed by atoms with Crippen LogP contribution in [-0.2, 0) is 16.4 Å². The molecule has 0 saturated heterocycles. The van der Waals surface area contributed by atoms with Crippen molar-refractivity contribution in [3.05, 3.63) is 65.5 Å². The Morgan fingerprint density at radius 3 is 2.47 bits per heavy atom. The van der Waals surface area contributed by atoms with Crippen LogP contribution in [0.4, 0.5) is 18.9 Å². The lowest BCUT2D eigenvalue weighted by molar-refractivity contribution is -0.0429. The van der Waals surface area contributed by atoms with Gasteiger partial charge < -0.3 is 9.15 Å². The summed E-state index contributed by atoms with van der Waals surface area (Å²) in [6.45, 7) is 3.45. The minimum absolute atomic E-state index is 0.177. The lowest BCUT2D eigenvalue weighted by Crippen LogP contribution is -2.30. The highest BCUT2D eigenvalue weighted by Gasteiger charge is 2.46. The summed E-state index contributed by atoms with van der Waals surface area (Å²) in [4.78, 5) is 4.46. The van der Waals surface area contributed by atoms with E-state index in [2.05, 4.69) is 4.98 Å². The Hall–Kier alpha value is -3.01. The fourth-order valence-electron chi connectivity index (χ4n) is 2.63. The number of nitrogens with zero attached hydrogens (tertiary/aromatic N) is 1. The Kier molecular flexibility index (Phi) is 6.06. The smallest absolute Gasteiger partial charge is 0.493 e. The fraction of sp³-hybridized carbons (Fsp3) is 0.250. The number of rotatable bonds is 7. The van der Waals surface area contributed by atoms with Crippen molar-refractivity contribution in [1.82, 2.24) is 4.98 Å². The zero-order valence-electron chi connectivity index (χ0n) is 16.2. The molecule has 0 amide bonds. The van der Waals surface area contributed by atoms with Gasteiger partial charge in [0.25, 0.3) is 0 Å². The lowest BCUT2D eigenvalue weighted by atomic mass is 10.2. The van der Waals surface area contributed by atoms with E-state index in [1.807, 2.05) is 30.3 Å². The third kappa shape index (κ3) is 4.93. The van der Waals surface area contributed by atoms with Crippen molar-refractivity contribution in [2.45, 2.75) is 25.8 Å². The number of aryl methyl sites for hydroxylation is 2. The van der Waals surface area contributed by atoms with E-state index >= 15 is 0 Å². The van der Waals surface area contributed by atoms with E-state index in [1.54, 1.807) is 17.7 Å². The average Bonchev–Trinajstić information content (AvgIpc) is 3.05. The van der Waals surface area contributed by atoms with Crippen LogP contribution in [-0.4, -0.2) is 25.5 Å². The summed E-state index contributed by atoms with van der Waals surface area (Å²) < 4.78 is 73.3. The van der Waals surface area contributed by atoms with Gasteiger partial charge in [0.1, 0.15) is 11.5 Å². The van der Waals surface area contributed by atoms with Crippen LogP contribution in [0.1, 0.15) is 17.0 Å². The molecular weight excluding hydrogens is 421 g/mol. The molecule has 0 spiro atoms. The Morgan fingerprint density at radius 1 is 1.10 bits per heavy atom. The van der Waals surface area contributed by atoms with Gasteiger partial charge in [-0.05, 0) is 37.6 Å². The highest BCUT2D eigenvalue weighted by atomic mass is 32.2. The number of oxazole rings is 1. The maximum absolute atomic E-state index is 12.6. The molecule has 0 aliphatic heterocycles. The second-order valence-electron chi connectivity index (χ2n) is 6.51. The highest BCUT2D eigenvalue weighted by molar-refractivity contribution is 7.93. The van der Waals surface area contributed by atoms with E-state index in [4.69, 9.17) is 9.15 Å². The number of alkyl halides is 3. The summed E-state index contributed by atoms with van der Waals surface area (Å²) in [5.41, 5.74) is -3.74. The molecule has 0 unspecified atom stereocenters. The maximum atomic E-state index is 12.6. The standard InChI is InChI=1S/C20H19F3N2O4S/c1-13-8-9-16(12-18(13)25-30(26,27)20(21,22)23)28-11-10-17-14(2)29-19(24-17)15-6-4-3-5-7-15/h3-9,12,25H,10-11H2,1-2H3. The van der Waals surface area contributed by atoms with Gasteiger partial charge in [0.15, 0.2) is 0 Å². The number of anilines is 1. The molecule has 0 aliphatic rings. The number of benzene rings is 2. The largest absolute Gasteiger partial charge is 0.516 e. The van der Waals surface area contributed by atoms with E-state index in [0.29, 0.717) is 29.3 Å². The molecule has 1 heterocycles. The van der Waals surface area contributed by atoms with E-state index in [-0.39, 0.29) is 18.0 Å². The van der Waals surface area contributed by atoms with E-state index < -0.39 is 15.5 Å². The van der Waals surface area contributed by atoms with Crippen molar-refractivity contribution in [2.75, 3.05) is 11.3 Å². The first-order valence-corrected chi connectivity index (χ1v) is 10.4. The first kappa shape index (κ1) is 21.7. The van der Waals surface area contributed by atoms with E-state index in [0.717, 1.165) is 5.56 Å². The van der Waals surface area contributed by atoms with E-state index in [1.165, 1.54) is 19.1 Å². The number of ether oxygens (including phenoxy) is 1. The molecule has 3 aromatic rings. The molecule has 1 N–H and O–H groups in total. The molecule has 0 atom stereocenters. The first-order chi connectivity index (χ1) is 14.1. The minimum Gasteiger partial charge on any atom is -0.493 e. The topological polar surface area (TPSA) is 81.4 Å². The Balaban J connectivity index is 1.67. The Labute approximate surface area is 171 Å². The number of nitrogens with one attached hydrogen (secondary N) is 1. The van der Waals surface area contributed by atoms with Gasteiger partial charge in [-0.15, -0.1) is 0 Å². The molecule has 2 aromatic carbocycles. The van der Waals surface area contributed by atoms with Crippen LogP contribution in [0.5, 0.6) is 5.75 Å². The number of hydrogen-bond acceptors (Lipinski definition) is 5. The second-order valence-corrected chi connectivity index (χ2v) is 8.19. The SMILES string of the molecule is Cc1ccc(OCCc2nc(-c3ccccc3)oc2C)cc1NS(=O)(=O)C(F)(F)F. The molecule has 0 saturated carbocycles. The molecule has 30 heavy (non-hydrogen) atoms. The monoisotopic (exact) mass is 440 g/mol. The lowest BCUT2D eigenvalue weighted by Gasteiger charge is -2.14. The van der Waals surface area contributed by atoms with Crippen molar-refractivity contribution in [1.29, 1.82) is 0 Å². The number of halogens is 3. The quantitative estimate of drug-likeness (QED) is 0.569. The van der Waals surface area contributed by atoms with Gasteiger partial charge in [-0.1, -0.05) is 24.3 Å². The zero-order chi connectivity index (χ0) is 21.9. The zero-order valence-corrected chi connectivity index (χ0v) is 17.0. The van der Waals surface area contributed by atoms with Crippen LogP contribution >= 0.6 is 0 Å². The van der Waals surface area contributed by atoms with Crippen molar-refractivity contribution < 1.29 is 30.7 Å². The van der Waals surface area contributed by atoms with E-state index in [9.17, 15) is 21.6 Å². The van der Waals surface area contributed by atoms with Crippen molar-refractivity contribution in [3.63, 3.8) is 0 Å². The Bertz CT molecular complexity index is 1130. The number of sulfonamides is 1. The maximum Gasteiger partial charge on any atom is 0.516 e. The molecule has 0 radical (unpaired) electrons. The summed E-state index contributed by atoms with van der Waals surface area (Å²) in [7, 11) is -5.51. The highest BCUT2D eigenvalue weighted by Crippen LogP contribution is 2.29. The van der Waals surface area contributed by atoms with Crippen LogP contribution in [0.3, 0.4) is 0 Å². The normalized spacial score (nSPS) is 12.0. The van der Waals surface area contributed by atoms with Crippen LogP contribution in [0.25, 0.3) is 11.5 Å². The van der Waals surface area contributed by atoms with Gasteiger partial charge in [-0.25, -0.2) is 4.98 Å². The molecule has 1 aromatic heterocycles. The molecule has 10 heteroatoms. The predicted octanol–water partition coefficient (Wildman–Crippen LogP) is 4.84. The van der Waals surface area contributed by atoms with Gasteiger partial charge in [0.05, 0.1) is 18.0 Å². The van der Waals surface area contributed by atoms with Crippen molar-refractivity contribution in [2.24, 2.45) is 0 Å². The van der Waals surface area contributed by atoms with Gasteiger partial charge >= 0.3 is 15.5 Å². The van der Waals surface area contributed by atoms with Crippen LogP contribution in [0, 0.1) is 13.8 Å². The van der Waals surface area contributed by atoms with Gasteiger partial charge in [-0.3, -0.25) is 4.72 Å². The molecule has 3 rings (SSSR count). The third-order valence-corrected chi connectivity index (χ3v) is 5.38. The predicted molar refractivity (Wildman–Crippen MR) is 106 cm³/mol. The van der Waals surface area contributed by atoms with Gasteiger partial charge in [0.2, 0.25) is 5.89 Å². The molecule has 160 valence electrons. The third-order valence-electron chi connectivity index (χ3n) is 4.28.